The van der Waals surface area contributed by atoms with E-state index in [0.717, 1.165) is 41.0 Å². The molecule has 0 fully saturated rings. The first-order valence-electron chi connectivity index (χ1n) is 9.25. The highest BCUT2D eigenvalue weighted by molar-refractivity contribution is 7.89. The number of unbranched alkanes of at least 4 members (excludes halogenated alkanes) is 1. The Morgan fingerprint density at radius 2 is 1.80 bits per heavy atom. The van der Waals surface area contributed by atoms with Crippen LogP contribution in [0.1, 0.15) is 29.7 Å². The number of pyridine rings is 1. The molecule has 2 heterocycles. The number of benzene rings is 1. The van der Waals surface area contributed by atoms with Crippen LogP contribution in [0.4, 0.5) is 19.0 Å². The summed E-state index contributed by atoms with van der Waals surface area (Å²) in [6.45, 7) is 4.60. The number of sulfonamides is 1. The third kappa shape index (κ3) is 4.57. The highest BCUT2D eigenvalue weighted by Gasteiger charge is 2.30. The van der Waals surface area contributed by atoms with E-state index in [2.05, 4.69) is 14.7 Å². The molecule has 3 rings (SSSR count). The first-order chi connectivity index (χ1) is 14.0. The van der Waals surface area contributed by atoms with Gasteiger partial charge in [0.15, 0.2) is 5.82 Å². The van der Waals surface area contributed by atoms with Gasteiger partial charge in [0.05, 0.1) is 22.3 Å². The van der Waals surface area contributed by atoms with Gasteiger partial charge in [-0.25, -0.2) is 23.1 Å². The molecule has 7 nitrogen and oxygen atoms in total. The molecule has 0 amide bonds. The van der Waals surface area contributed by atoms with Crippen LogP contribution in [0.5, 0.6) is 0 Å². The second-order valence-electron chi connectivity index (χ2n) is 6.97. The second-order valence-corrected chi connectivity index (χ2v) is 8.74. The predicted octanol–water partition coefficient (Wildman–Crippen LogP) is 3.41. The van der Waals surface area contributed by atoms with E-state index in [1.165, 1.54) is 0 Å². The Morgan fingerprint density at radius 3 is 2.43 bits per heavy atom. The van der Waals surface area contributed by atoms with Gasteiger partial charge in [0.25, 0.3) is 0 Å². The molecule has 0 radical (unpaired) electrons. The van der Waals surface area contributed by atoms with Crippen LogP contribution in [0.25, 0.3) is 11.0 Å². The molecule has 0 aliphatic rings. The minimum absolute atomic E-state index is 0.164. The highest BCUT2D eigenvalue weighted by Crippen LogP contribution is 2.29. The van der Waals surface area contributed by atoms with Gasteiger partial charge in [-0.05, 0) is 56.5 Å². The van der Waals surface area contributed by atoms with E-state index >= 15 is 0 Å². The van der Waals surface area contributed by atoms with Crippen LogP contribution in [-0.4, -0.2) is 29.5 Å². The van der Waals surface area contributed by atoms with Gasteiger partial charge < -0.3 is 10.3 Å². The molecule has 3 aromatic rings. The lowest BCUT2D eigenvalue weighted by molar-refractivity contribution is -0.137. The Bertz CT molecular complexity index is 1160. The molecule has 1 aromatic carbocycles. The number of nitrogen functional groups attached to an aromatic ring is 1. The molecule has 0 atom stereocenters. The van der Waals surface area contributed by atoms with Crippen molar-refractivity contribution in [3.8, 4) is 0 Å². The van der Waals surface area contributed by atoms with Crippen molar-refractivity contribution in [2.45, 2.75) is 44.3 Å². The summed E-state index contributed by atoms with van der Waals surface area (Å²) in [7, 11) is -3.87. The first-order valence-corrected chi connectivity index (χ1v) is 10.7. The summed E-state index contributed by atoms with van der Waals surface area (Å²) in [5.74, 6) is 0.371. The van der Waals surface area contributed by atoms with E-state index in [-0.39, 0.29) is 11.4 Å². The lowest BCUT2D eigenvalue weighted by atomic mass is 10.2. The van der Waals surface area contributed by atoms with Crippen molar-refractivity contribution in [3.63, 3.8) is 0 Å². The number of nitrogens with one attached hydrogen (secondary N) is 1. The molecule has 0 spiro atoms. The molecule has 2 aromatic heterocycles. The van der Waals surface area contributed by atoms with Gasteiger partial charge in [-0.15, -0.1) is 0 Å². The molecule has 3 N–H and O–H groups in total. The number of nitrogens with two attached hydrogens (primary N) is 1. The van der Waals surface area contributed by atoms with E-state index in [9.17, 15) is 21.6 Å². The smallest absolute Gasteiger partial charge is 0.382 e. The summed E-state index contributed by atoms with van der Waals surface area (Å²) in [5, 5.41) is 0. The maximum atomic E-state index is 12.6. The SMILES string of the molecule is Cc1nc(N)c2ncn(CCCCNS(=O)(=O)c3ccc(C(F)(F)F)cc3)c2c1C. The number of halogens is 3. The van der Waals surface area contributed by atoms with E-state index in [1.54, 1.807) is 6.33 Å². The number of hydrogen-bond acceptors (Lipinski definition) is 5. The van der Waals surface area contributed by atoms with Crippen LogP contribution in [0.2, 0.25) is 0 Å². The molecule has 162 valence electrons. The summed E-state index contributed by atoms with van der Waals surface area (Å²) < 4.78 is 66.7. The fraction of sp³-hybridized carbons (Fsp3) is 0.368. The summed E-state index contributed by atoms with van der Waals surface area (Å²) in [5.41, 5.74) is 8.39. The number of alkyl halides is 3. The number of aromatic nitrogens is 3. The molecule has 30 heavy (non-hydrogen) atoms. The molecule has 11 heteroatoms. The van der Waals surface area contributed by atoms with Gasteiger partial charge in [-0.1, -0.05) is 0 Å². The number of fused-ring (bicyclic) bond motifs is 1. The predicted molar refractivity (Wildman–Crippen MR) is 107 cm³/mol. The average Bonchev–Trinajstić information content (AvgIpc) is 3.10. The van der Waals surface area contributed by atoms with Gasteiger partial charge in [0.2, 0.25) is 10.0 Å². The maximum Gasteiger partial charge on any atom is 0.416 e. The Kier molecular flexibility index (Phi) is 6.04. The number of nitrogens with zero attached hydrogens (tertiary/aromatic N) is 3. The molecule has 0 aliphatic heterocycles. The van der Waals surface area contributed by atoms with Crippen molar-refractivity contribution in [2.24, 2.45) is 0 Å². The fourth-order valence-corrected chi connectivity index (χ4v) is 4.22. The number of aryl methyl sites for hydroxylation is 3. The molecule has 0 saturated heterocycles. The van der Waals surface area contributed by atoms with Gasteiger partial charge >= 0.3 is 6.18 Å². The lowest BCUT2D eigenvalue weighted by Crippen LogP contribution is -2.25. The minimum Gasteiger partial charge on any atom is -0.382 e. The third-order valence-electron chi connectivity index (χ3n) is 4.88. The molecule has 0 bridgehead atoms. The van der Waals surface area contributed by atoms with E-state index in [0.29, 0.717) is 30.7 Å². The third-order valence-corrected chi connectivity index (χ3v) is 6.35. The molecular weight excluding hydrogens is 419 g/mol. The summed E-state index contributed by atoms with van der Waals surface area (Å²) in [4.78, 5) is 8.36. The zero-order valence-electron chi connectivity index (χ0n) is 16.5. The van der Waals surface area contributed by atoms with Crippen LogP contribution in [0.3, 0.4) is 0 Å². The zero-order chi connectivity index (χ0) is 22.1. The van der Waals surface area contributed by atoms with Crippen LogP contribution < -0.4 is 10.5 Å². The van der Waals surface area contributed by atoms with Crippen molar-refractivity contribution >= 4 is 26.9 Å². The highest BCUT2D eigenvalue weighted by atomic mass is 32.2. The van der Waals surface area contributed by atoms with Gasteiger partial charge in [-0.2, -0.15) is 13.2 Å². The Morgan fingerprint density at radius 1 is 1.13 bits per heavy atom. The fourth-order valence-electron chi connectivity index (χ4n) is 3.14. The monoisotopic (exact) mass is 441 g/mol. The normalized spacial score (nSPS) is 12.6. The Hall–Kier alpha value is -2.66. The van der Waals surface area contributed by atoms with Crippen LogP contribution in [-0.2, 0) is 22.7 Å². The van der Waals surface area contributed by atoms with Crippen molar-refractivity contribution in [3.05, 3.63) is 47.4 Å². The summed E-state index contributed by atoms with van der Waals surface area (Å²) in [6, 6.07) is 3.41. The van der Waals surface area contributed by atoms with Crippen LogP contribution >= 0.6 is 0 Å². The number of rotatable bonds is 7. The molecular formula is C19H22F3N5O2S. The maximum absolute atomic E-state index is 12.6. The molecule has 0 aliphatic carbocycles. The van der Waals surface area contributed by atoms with Crippen molar-refractivity contribution < 1.29 is 21.6 Å². The first kappa shape index (κ1) is 22.0. The average molecular weight is 441 g/mol. The van der Waals surface area contributed by atoms with Crippen molar-refractivity contribution in [1.82, 2.24) is 19.3 Å². The second kappa shape index (κ2) is 8.23. The number of anilines is 1. The Labute approximate surface area is 172 Å². The zero-order valence-corrected chi connectivity index (χ0v) is 17.3. The van der Waals surface area contributed by atoms with Crippen LogP contribution in [0, 0.1) is 13.8 Å². The Balaban J connectivity index is 1.57. The van der Waals surface area contributed by atoms with Gasteiger partial charge in [-0.3, -0.25) is 0 Å². The number of hydrogen-bond donors (Lipinski definition) is 2. The van der Waals surface area contributed by atoms with Gasteiger partial charge in [0, 0.05) is 18.8 Å². The van der Waals surface area contributed by atoms with Crippen molar-refractivity contribution in [1.29, 1.82) is 0 Å². The summed E-state index contributed by atoms with van der Waals surface area (Å²) >= 11 is 0. The largest absolute Gasteiger partial charge is 0.416 e. The lowest BCUT2D eigenvalue weighted by Gasteiger charge is -2.10. The van der Waals surface area contributed by atoms with E-state index in [4.69, 9.17) is 5.73 Å². The number of imidazole rings is 1. The standard InChI is InChI=1S/C19H22F3N5O2S/c1-12-13(2)26-18(23)16-17(12)27(11-24-16)10-4-3-9-25-30(28,29)15-7-5-14(6-8-15)19(20,21)22/h5-8,11,25H,3-4,9-10H2,1-2H3,(H2,23,26). The van der Waals surface area contributed by atoms with Crippen molar-refractivity contribution in [2.75, 3.05) is 12.3 Å². The molecule has 0 unspecified atom stereocenters. The minimum atomic E-state index is -4.51. The quantitative estimate of drug-likeness (QED) is 0.547. The summed E-state index contributed by atoms with van der Waals surface area (Å²) in [6.07, 6.45) is -1.62. The topological polar surface area (TPSA) is 103 Å². The van der Waals surface area contributed by atoms with Gasteiger partial charge in [0.1, 0.15) is 5.52 Å². The molecule has 0 saturated carbocycles. The van der Waals surface area contributed by atoms with E-state index in [1.807, 2.05) is 18.4 Å². The van der Waals surface area contributed by atoms with E-state index < -0.39 is 21.8 Å². The van der Waals surface area contributed by atoms with Crippen LogP contribution in [0.15, 0.2) is 35.5 Å².